The number of H-pyrrole nitrogens is 1. The molecule has 4 N–H and O–H groups in total. The molecule has 0 saturated carbocycles. The standard InChI is InChI=1S/C28H29N3O4/c1-17(32)30-20-5-7-21(8-6-20)35-16-19-14-18(4-11-26(19)34-3)27-28-23(12-13-29-27)24-15-22(33-2)9-10-25(24)31-28/h4-11,14-15,27,29,31H,12-13,16H2,1-3H3,(H,30,32)/p+1. The summed E-state index contributed by atoms with van der Waals surface area (Å²) in [5.41, 5.74) is 6.66. The number of ether oxygens (including phenoxy) is 3. The Morgan fingerprint density at radius 1 is 1.03 bits per heavy atom. The van der Waals surface area contributed by atoms with E-state index in [1.54, 1.807) is 14.2 Å². The number of rotatable bonds is 7. The smallest absolute Gasteiger partial charge is 0.221 e. The highest BCUT2D eigenvalue weighted by molar-refractivity contribution is 5.88. The first-order valence-electron chi connectivity index (χ1n) is 11.7. The molecular weight excluding hydrogens is 442 g/mol. The van der Waals surface area contributed by atoms with Crippen molar-refractivity contribution < 1.29 is 24.3 Å². The van der Waals surface area contributed by atoms with Crippen LogP contribution in [0.2, 0.25) is 0 Å². The number of anilines is 1. The van der Waals surface area contributed by atoms with Crippen molar-refractivity contribution in [3.05, 3.63) is 83.0 Å². The van der Waals surface area contributed by atoms with Gasteiger partial charge in [0, 0.05) is 41.1 Å². The Balaban J connectivity index is 1.41. The molecule has 1 atom stereocenters. The van der Waals surface area contributed by atoms with Crippen LogP contribution in [0, 0.1) is 0 Å². The fraction of sp³-hybridized carbons (Fsp3) is 0.250. The summed E-state index contributed by atoms with van der Waals surface area (Å²) < 4.78 is 17.1. The zero-order valence-electron chi connectivity index (χ0n) is 20.2. The normalized spacial score (nSPS) is 14.9. The Kier molecular flexibility index (Phi) is 6.33. The summed E-state index contributed by atoms with van der Waals surface area (Å²) in [6.45, 7) is 2.88. The lowest BCUT2D eigenvalue weighted by Gasteiger charge is -2.22. The third-order valence-electron chi connectivity index (χ3n) is 6.49. The van der Waals surface area contributed by atoms with Gasteiger partial charge >= 0.3 is 0 Å². The molecule has 0 aliphatic carbocycles. The molecule has 0 radical (unpaired) electrons. The van der Waals surface area contributed by atoms with Crippen molar-refractivity contribution in [2.75, 3.05) is 26.1 Å². The lowest BCUT2D eigenvalue weighted by atomic mass is 9.93. The van der Waals surface area contributed by atoms with E-state index >= 15 is 0 Å². The number of quaternary nitrogens is 1. The molecule has 7 heteroatoms. The van der Waals surface area contributed by atoms with Crippen molar-refractivity contribution in [2.24, 2.45) is 0 Å². The van der Waals surface area contributed by atoms with Crippen molar-refractivity contribution >= 4 is 22.5 Å². The molecule has 35 heavy (non-hydrogen) atoms. The highest BCUT2D eigenvalue weighted by Crippen LogP contribution is 2.34. The van der Waals surface area contributed by atoms with Crippen LogP contribution in [0.5, 0.6) is 17.2 Å². The molecule has 2 heterocycles. The van der Waals surface area contributed by atoms with Gasteiger partial charge in [-0.1, -0.05) is 0 Å². The maximum absolute atomic E-state index is 11.2. The number of aromatic amines is 1. The lowest BCUT2D eigenvalue weighted by molar-refractivity contribution is -0.690. The van der Waals surface area contributed by atoms with E-state index in [1.807, 2.05) is 36.4 Å². The molecule has 3 aromatic carbocycles. The molecule has 0 saturated heterocycles. The Hall–Kier alpha value is -3.97. The van der Waals surface area contributed by atoms with Crippen molar-refractivity contribution in [1.82, 2.24) is 4.98 Å². The fourth-order valence-corrected chi connectivity index (χ4v) is 4.83. The molecule has 4 aromatic rings. The molecule has 0 fully saturated rings. The molecule has 1 aliphatic heterocycles. The third kappa shape index (κ3) is 4.68. The molecule has 1 unspecified atom stereocenters. The van der Waals surface area contributed by atoms with Gasteiger partial charge < -0.3 is 29.8 Å². The number of hydrogen-bond donors (Lipinski definition) is 3. The number of methoxy groups -OCH3 is 2. The average Bonchev–Trinajstić information content (AvgIpc) is 3.25. The predicted octanol–water partition coefficient (Wildman–Crippen LogP) is 3.93. The fourth-order valence-electron chi connectivity index (χ4n) is 4.83. The maximum atomic E-state index is 11.2. The number of benzene rings is 3. The number of nitrogens with one attached hydrogen (secondary N) is 2. The largest absolute Gasteiger partial charge is 0.497 e. The molecule has 0 spiro atoms. The van der Waals surface area contributed by atoms with E-state index in [1.165, 1.54) is 29.1 Å². The minimum absolute atomic E-state index is 0.100. The van der Waals surface area contributed by atoms with Gasteiger partial charge in [-0.3, -0.25) is 4.79 Å². The first-order chi connectivity index (χ1) is 17.1. The van der Waals surface area contributed by atoms with Gasteiger partial charge in [-0.25, -0.2) is 0 Å². The number of fused-ring (bicyclic) bond motifs is 3. The molecule has 0 bridgehead atoms. The van der Waals surface area contributed by atoms with Crippen molar-refractivity contribution in [3.63, 3.8) is 0 Å². The lowest BCUT2D eigenvalue weighted by Crippen LogP contribution is -2.87. The highest BCUT2D eigenvalue weighted by atomic mass is 16.5. The number of aromatic nitrogens is 1. The second kappa shape index (κ2) is 9.72. The topological polar surface area (TPSA) is 89.2 Å². The van der Waals surface area contributed by atoms with Gasteiger partial charge in [0.25, 0.3) is 0 Å². The van der Waals surface area contributed by atoms with Crippen LogP contribution < -0.4 is 24.8 Å². The first-order valence-corrected chi connectivity index (χ1v) is 11.7. The van der Waals surface area contributed by atoms with Gasteiger partial charge in [-0.05, 0) is 66.2 Å². The number of nitrogens with two attached hydrogens (primary N) is 1. The van der Waals surface area contributed by atoms with E-state index in [2.05, 4.69) is 39.9 Å². The Labute approximate surface area is 204 Å². The van der Waals surface area contributed by atoms with E-state index in [0.29, 0.717) is 6.61 Å². The van der Waals surface area contributed by atoms with Crippen LogP contribution in [0.4, 0.5) is 5.69 Å². The van der Waals surface area contributed by atoms with Crippen molar-refractivity contribution in [2.45, 2.75) is 26.0 Å². The zero-order chi connectivity index (χ0) is 24.4. The van der Waals surface area contributed by atoms with Crippen LogP contribution in [0.1, 0.15) is 35.3 Å². The highest BCUT2D eigenvalue weighted by Gasteiger charge is 2.29. The minimum atomic E-state index is -0.100. The molecule has 1 aromatic heterocycles. The maximum Gasteiger partial charge on any atom is 0.221 e. The summed E-state index contributed by atoms with van der Waals surface area (Å²) >= 11 is 0. The van der Waals surface area contributed by atoms with Crippen molar-refractivity contribution in [3.8, 4) is 17.2 Å². The number of carbonyl (C=O) groups is 1. The van der Waals surface area contributed by atoms with E-state index in [0.717, 1.165) is 47.0 Å². The quantitative estimate of drug-likeness (QED) is 0.380. The molecule has 5 rings (SSSR count). The van der Waals surface area contributed by atoms with Crippen LogP contribution in [0.15, 0.2) is 60.7 Å². The Bertz CT molecular complexity index is 1360. The Morgan fingerprint density at radius 3 is 2.57 bits per heavy atom. The van der Waals surface area contributed by atoms with Crippen LogP contribution in [0.25, 0.3) is 10.9 Å². The van der Waals surface area contributed by atoms with E-state index in [4.69, 9.17) is 14.2 Å². The summed E-state index contributed by atoms with van der Waals surface area (Å²) in [4.78, 5) is 14.9. The van der Waals surface area contributed by atoms with Crippen LogP contribution in [0.3, 0.4) is 0 Å². The summed E-state index contributed by atoms with van der Waals surface area (Å²) in [5, 5.41) is 6.37. The summed E-state index contributed by atoms with van der Waals surface area (Å²) in [7, 11) is 3.38. The molecular formula is C28H30N3O4+. The number of amides is 1. The monoisotopic (exact) mass is 472 g/mol. The summed E-state index contributed by atoms with van der Waals surface area (Å²) in [5.74, 6) is 2.29. The molecule has 1 amide bonds. The van der Waals surface area contributed by atoms with Crippen LogP contribution >= 0.6 is 0 Å². The van der Waals surface area contributed by atoms with Crippen LogP contribution in [-0.2, 0) is 17.8 Å². The Morgan fingerprint density at radius 2 is 1.83 bits per heavy atom. The molecule has 1 aliphatic rings. The molecule has 180 valence electrons. The van der Waals surface area contributed by atoms with Gasteiger partial charge in [0.05, 0.1) is 26.5 Å². The van der Waals surface area contributed by atoms with Gasteiger partial charge in [0.1, 0.15) is 23.9 Å². The second-order valence-electron chi connectivity index (χ2n) is 8.75. The van der Waals surface area contributed by atoms with Gasteiger partial charge in [0.15, 0.2) is 6.04 Å². The van der Waals surface area contributed by atoms with Gasteiger partial charge in [-0.2, -0.15) is 0 Å². The molecule has 7 nitrogen and oxygen atoms in total. The SMILES string of the molecule is COc1ccc2[nH]c3c(c2c1)CC[NH2+]C3c1ccc(OC)c(COc2ccc(NC(C)=O)cc2)c1. The summed E-state index contributed by atoms with van der Waals surface area (Å²) in [6, 6.07) is 20.0. The zero-order valence-corrected chi connectivity index (χ0v) is 20.2. The average molecular weight is 473 g/mol. The summed E-state index contributed by atoms with van der Waals surface area (Å²) in [6.07, 6.45) is 1.01. The van der Waals surface area contributed by atoms with Crippen LogP contribution in [-0.4, -0.2) is 31.7 Å². The van der Waals surface area contributed by atoms with Gasteiger partial charge in [0.2, 0.25) is 5.91 Å². The second-order valence-corrected chi connectivity index (χ2v) is 8.75. The number of hydrogen-bond acceptors (Lipinski definition) is 4. The van der Waals surface area contributed by atoms with E-state index in [-0.39, 0.29) is 11.9 Å². The predicted molar refractivity (Wildman–Crippen MR) is 135 cm³/mol. The van der Waals surface area contributed by atoms with Gasteiger partial charge in [-0.15, -0.1) is 0 Å². The third-order valence-corrected chi connectivity index (χ3v) is 6.49. The van der Waals surface area contributed by atoms with E-state index < -0.39 is 0 Å². The van der Waals surface area contributed by atoms with E-state index in [9.17, 15) is 4.79 Å². The minimum Gasteiger partial charge on any atom is -0.497 e. The van der Waals surface area contributed by atoms with Crippen molar-refractivity contribution in [1.29, 1.82) is 0 Å². The first kappa shape index (κ1) is 22.8. The number of carbonyl (C=O) groups excluding carboxylic acids is 1.